The molecule has 19 heavy (non-hydrogen) atoms. The van der Waals surface area contributed by atoms with Crippen molar-refractivity contribution in [2.45, 2.75) is 31.7 Å². The lowest BCUT2D eigenvalue weighted by Gasteiger charge is -2.20. The van der Waals surface area contributed by atoms with Gasteiger partial charge in [-0.05, 0) is 25.7 Å². The molecule has 0 saturated heterocycles. The van der Waals surface area contributed by atoms with Crippen molar-refractivity contribution in [1.82, 2.24) is 15.5 Å². The minimum absolute atomic E-state index is 0.0406. The Morgan fingerprint density at radius 1 is 1.05 bits per heavy atom. The van der Waals surface area contributed by atoms with Crippen LogP contribution < -0.4 is 10.6 Å². The van der Waals surface area contributed by atoms with E-state index in [2.05, 4.69) is 10.6 Å². The van der Waals surface area contributed by atoms with Crippen molar-refractivity contribution in [2.24, 2.45) is 5.92 Å². The average Bonchev–Trinajstić information content (AvgIpc) is 3.21. The van der Waals surface area contributed by atoms with Gasteiger partial charge in [-0.1, -0.05) is 0 Å². The second kappa shape index (κ2) is 5.90. The number of amides is 3. The molecule has 2 rings (SSSR count). The number of carboxylic acids is 1. The highest BCUT2D eigenvalue weighted by atomic mass is 16.4. The van der Waals surface area contributed by atoms with Crippen molar-refractivity contribution in [2.75, 3.05) is 19.6 Å². The highest BCUT2D eigenvalue weighted by Gasteiger charge is 2.33. The zero-order chi connectivity index (χ0) is 13.8. The number of urea groups is 1. The highest BCUT2D eigenvalue weighted by Crippen LogP contribution is 2.28. The van der Waals surface area contributed by atoms with Gasteiger partial charge in [0.05, 0.1) is 0 Å². The second-order valence-electron chi connectivity index (χ2n) is 5.05. The number of carboxylic acid groups (broad SMARTS) is 1. The molecule has 0 spiro atoms. The Labute approximate surface area is 111 Å². The van der Waals surface area contributed by atoms with Gasteiger partial charge in [0, 0.05) is 25.0 Å². The van der Waals surface area contributed by atoms with Crippen molar-refractivity contribution in [1.29, 1.82) is 0 Å². The number of rotatable bonds is 7. The second-order valence-corrected chi connectivity index (χ2v) is 5.05. The van der Waals surface area contributed by atoms with E-state index in [1.807, 2.05) is 0 Å². The Morgan fingerprint density at radius 2 is 1.68 bits per heavy atom. The summed E-state index contributed by atoms with van der Waals surface area (Å²) in [5, 5.41) is 14.1. The van der Waals surface area contributed by atoms with E-state index in [0.29, 0.717) is 13.1 Å². The van der Waals surface area contributed by atoms with Gasteiger partial charge in [0.25, 0.3) is 0 Å². The predicted octanol–water partition coefficient (Wildman–Crippen LogP) is -0.229. The number of nitrogens with one attached hydrogen (secondary N) is 2. The van der Waals surface area contributed by atoms with Crippen LogP contribution in [0.2, 0.25) is 0 Å². The lowest BCUT2D eigenvalue weighted by molar-refractivity contribution is -0.137. The monoisotopic (exact) mass is 269 g/mol. The molecule has 0 aromatic heterocycles. The first-order valence-electron chi connectivity index (χ1n) is 6.62. The van der Waals surface area contributed by atoms with E-state index in [1.54, 1.807) is 0 Å². The van der Waals surface area contributed by atoms with E-state index in [9.17, 15) is 14.4 Å². The average molecular weight is 269 g/mol. The van der Waals surface area contributed by atoms with Gasteiger partial charge in [0.2, 0.25) is 5.91 Å². The Hall–Kier alpha value is -1.79. The molecule has 0 atom stereocenters. The maximum atomic E-state index is 11.8. The molecule has 2 fully saturated rings. The van der Waals surface area contributed by atoms with Crippen LogP contribution in [0.5, 0.6) is 0 Å². The number of carbonyl (C=O) groups is 3. The van der Waals surface area contributed by atoms with Crippen LogP contribution in [0.4, 0.5) is 4.79 Å². The number of nitrogens with zero attached hydrogens (tertiary/aromatic N) is 1. The number of carbonyl (C=O) groups excluding carboxylic acids is 2. The molecule has 0 aliphatic heterocycles. The van der Waals surface area contributed by atoms with E-state index >= 15 is 0 Å². The zero-order valence-electron chi connectivity index (χ0n) is 10.7. The summed E-state index contributed by atoms with van der Waals surface area (Å²) in [6.07, 6.45) is 3.62. The SMILES string of the molecule is O=C(O)CN(C(=O)NCCNC(=O)C1CC1)C1CC1. The van der Waals surface area contributed by atoms with Gasteiger partial charge in [-0.15, -0.1) is 0 Å². The predicted molar refractivity (Wildman–Crippen MR) is 66.5 cm³/mol. The normalized spacial score (nSPS) is 17.7. The fourth-order valence-corrected chi connectivity index (χ4v) is 1.85. The number of aliphatic carboxylic acids is 1. The third-order valence-electron chi connectivity index (χ3n) is 3.20. The molecule has 0 unspecified atom stereocenters. The van der Waals surface area contributed by atoms with Gasteiger partial charge in [0.15, 0.2) is 0 Å². The fourth-order valence-electron chi connectivity index (χ4n) is 1.85. The summed E-state index contributed by atoms with van der Waals surface area (Å²) in [6, 6.07) is -0.317. The Kier molecular flexibility index (Phi) is 4.24. The van der Waals surface area contributed by atoms with E-state index in [1.165, 1.54) is 4.90 Å². The van der Waals surface area contributed by atoms with Crippen molar-refractivity contribution in [3.05, 3.63) is 0 Å². The summed E-state index contributed by atoms with van der Waals surface area (Å²) in [6.45, 7) is 0.428. The molecule has 0 bridgehead atoms. The Balaban J connectivity index is 1.64. The van der Waals surface area contributed by atoms with Crippen molar-refractivity contribution < 1.29 is 19.5 Å². The molecule has 2 saturated carbocycles. The van der Waals surface area contributed by atoms with Crippen LogP contribution in [0.15, 0.2) is 0 Å². The van der Waals surface area contributed by atoms with E-state index in [4.69, 9.17) is 5.11 Å². The maximum Gasteiger partial charge on any atom is 0.323 e. The molecule has 2 aliphatic carbocycles. The van der Waals surface area contributed by atoms with Crippen LogP contribution in [0, 0.1) is 5.92 Å². The van der Waals surface area contributed by atoms with Crippen molar-refractivity contribution >= 4 is 17.9 Å². The van der Waals surface area contributed by atoms with Gasteiger partial charge < -0.3 is 20.6 Å². The smallest absolute Gasteiger partial charge is 0.323 e. The summed E-state index contributed by atoms with van der Waals surface area (Å²) < 4.78 is 0. The first kappa shape index (κ1) is 13.6. The quantitative estimate of drug-likeness (QED) is 0.556. The zero-order valence-corrected chi connectivity index (χ0v) is 10.7. The molecule has 0 heterocycles. The minimum atomic E-state index is -1.01. The maximum absolute atomic E-state index is 11.8. The molecule has 0 radical (unpaired) electrons. The molecule has 0 aromatic rings. The summed E-state index contributed by atoms with van der Waals surface area (Å²) in [5.74, 6) is -0.811. The van der Waals surface area contributed by atoms with Gasteiger partial charge in [0.1, 0.15) is 6.54 Å². The van der Waals surface area contributed by atoms with Gasteiger partial charge >= 0.3 is 12.0 Å². The fraction of sp³-hybridized carbons (Fsp3) is 0.750. The van der Waals surface area contributed by atoms with E-state index < -0.39 is 5.97 Å². The van der Waals surface area contributed by atoms with Crippen LogP contribution >= 0.6 is 0 Å². The van der Waals surface area contributed by atoms with Crippen molar-refractivity contribution in [3.8, 4) is 0 Å². The van der Waals surface area contributed by atoms with Gasteiger partial charge in [-0.3, -0.25) is 9.59 Å². The molecular weight excluding hydrogens is 250 g/mol. The van der Waals surface area contributed by atoms with Crippen LogP contribution in [-0.4, -0.2) is 53.6 Å². The molecule has 3 amide bonds. The molecule has 0 aromatic carbocycles. The molecule has 3 N–H and O–H groups in total. The summed E-state index contributed by atoms with van der Waals surface area (Å²) in [5.41, 5.74) is 0. The Bertz CT molecular complexity index is 377. The topological polar surface area (TPSA) is 98.7 Å². The molecule has 106 valence electrons. The lowest BCUT2D eigenvalue weighted by Crippen LogP contribution is -2.46. The van der Waals surface area contributed by atoms with Crippen LogP contribution in [0.1, 0.15) is 25.7 Å². The molecule has 7 nitrogen and oxygen atoms in total. The van der Waals surface area contributed by atoms with E-state index in [-0.39, 0.29) is 30.4 Å². The van der Waals surface area contributed by atoms with Crippen molar-refractivity contribution in [3.63, 3.8) is 0 Å². The Morgan fingerprint density at radius 3 is 2.21 bits per heavy atom. The lowest BCUT2D eigenvalue weighted by atomic mass is 10.4. The molecule has 2 aliphatic rings. The highest BCUT2D eigenvalue weighted by molar-refractivity contribution is 5.81. The standard InChI is InChI=1S/C12H19N3O4/c16-10(17)7-15(9-3-4-9)12(19)14-6-5-13-11(18)8-1-2-8/h8-9H,1-7H2,(H,13,18)(H,14,19)(H,16,17). The third-order valence-corrected chi connectivity index (χ3v) is 3.20. The first-order chi connectivity index (χ1) is 9.08. The van der Waals surface area contributed by atoms with E-state index in [0.717, 1.165) is 25.7 Å². The molecule has 7 heteroatoms. The van der Waals surface area contributed by atoms with Crippen LogP contribution in [0.25, 0.3) is 0 Å². The van der Waals surface area contributed by atoms with Gasteiger partial charge in [-0.25, -0.2) is 4.79 Å². The molecular formula is C12H19N3O4. The number of hydrogen-bond acceptors (Lipinski definition) is 3. The van der Waals surface area contributed by atoms with Crippen LogP contribution in [-0.2, 0) is 9.59 Å². The largest absolute Gasteiger partial charge is 0.480 e. The summed E-state index contributed by atoms with van der Waals surface area (Å²) in [4.78, 5) is 35.1. The first-order valence-corrected chi connectivity index (χ1v) is 6.62. The van der Waals surface area contributed by atoms with Gasteiger partial charge in [-0.2, -0.15) is 0 Å². The third kappa shape index (κ3) is 4.42. The summed E-state index contributed by atoms with van der Waals surface area (Å²) in [7, 11) is 0. The van der Waals surface area contributed by atoms with Crippen LogP contribution in [0.3, 0.4) is 0 Å². The minimum Gasteiger partial charge on any atom is -0.480 e. The summed E-state index contributed by atoms with van der Waals surface area (Å²) >= 11 is 0. The number of hydrogen-bond donors (Lipinski definition) is 3.